The molecule has 0 saturated carbocycles. The molecule has 2 heterocycles. The molecular weight excluding hydrogens is 236 g/mol. The minimum absolute atomic E-state index is 0.824. The maximum absolute atomic E-state index is 4.74. The second-order valence-corrected chi connectivity index (χ2v) is 5.93. The Balaban J connectivity index is 2.11. The third-order valence-electron chi connectivity index (χ3n) is 3.30. The van der Waals surface area contributed by atoms with Crippen molar-refractivity contribution in [2.24, 2.45) is 5.92 Å². The molecule has 0 aromatic carbocycles. The maximum atomic E-state index is 4.74. The summed E-state index contributed by atoms with van der Waals surface area (Å²) in [5.74, 6) is 1.71. The van der Waals surface area contributed by atoms with E-state index in [1.807, 2.05) is 11.3 Å². The Labute approximate surface area is 107 Å². The molecule has 1 aromatic heterocycles. The predicted octanol–water partition coefficient (Wildman–Crippen LogP) is 3.37. The summed E-state index contributed by atoms with van der Waals surface area (Å²) in [6.07, 6.45) is 3.63. The van der Waals surface area contributed by atoms with Crippen molar-refractivity contribution in [3.05, 3.63) is 10.6 Å². The van der Waals surface area contributed by atoms with Crippen LogP contribution >= 0.6 is 24.0 Å². The number of thiazole rings is 1. The van der Waals surface area contributed by atoms with Crippen molar-refractivity contribution in [1.82, 2.24) is 4.98 Å². The third kappa shape index (κ3) is 2.54. The number of hydrogen-bond donors (Lipinski definition) is 1. The Morgan fingerprint density at radius 2 is 2.12 bits per heavy atom. The monoisotopic (exact) mass is 256 g/mol. The van der Waals surface area contributed by atoms with Crippen LogP contribution in [0, 0.1) is 5.92 Å². The van der Waals surface area contributed by atoms with Crippen LogP contribution in [0.1, 0.15) is 37.3 Å². The summed E-state index contributed by atoms with van der Waals surface area (Å²) in [6.45, 7) is 6.85. The molecule has 90 valence electrons. The van der Waals surface area contributed by atoms with Crippen LogP contribution in [0.15, 0.2) is 0 Å². The van der Waals surface area contributed by atoms with E-state index < -0.39 is 0 Å². The molecule has 1 aliphatic rings. The first-order chi connectivity index (χ1) is 7.74. The standard InChI is InChI=1S/C12H20N2S2/c1-3-10-11(8-15)16-12(13-10)14-6-4-9(2)5-7-14/h9,15H,3-8H2,1-2H3. The van der Waals surface area contributed by atoms with Gasteiger partial charge in [-0.2, -0.15) is 12.6 Å². The molecule has 0 bridgehead atoms. The van der Waals surface area contributed by atoms with Crippen LogP contribution in [0.5, 0.6) is 0 Å². The number of hydrogen-bond acceptors (Lipinski definition) is 4. The molecular formula is C12H20N2S2. The number of rotatable bonds is 3. The van der Waals surface area contributed by atoms with Gasteiger partial charge in [0, 0.05) is 23.7 Å². The maximum Gasteiger partial charge on any atom is 0.185 e. The zero-order valence-electron chi connectivity index (χ0n) is 10.1. The van der Waals surface area contributed by atoms with E-state index in [-0.39, 0.29) is 0 Å². The second-order valence-electron chi connectivity index (χ2n) is 4.55. The summed E-state index contributed by atoms with van der Waals surface area (Å²) in [5.41, 5.74) is 1.24. The van der Waals surface area contributed by atoms with Crippen molar-refractivity contribution in [2.45, 2.75) is 38.9 Å². The second kappa shape index (κ2) is 5.41. The summed E-state index contributed by atoms with van der Waals surface area (Å²) < 4.78 is 0. The Kier molecular flexibility index (Phi) is 4.14. The Morgan fingerprint density at radius 3 is 2.62 bits per heavy atom. The smallest absolute Gasteiger partial charge is 0.185 e. The summed E-state index contributed by atoms with van der Waals surface area (Å²) in [7, 11) is 0. The van der Waals surface area contributed by atoms with E-state index in [0.29, 0.717) is 0 Å². The molecule has 1 aliphatic heterocycles. The largest absolute Gasteiger partial charge is 0.348 e. The number of aromatic nitrogens is 1. The molecule has 4 heteroatoms. The quantitative estimate of drug-likeness (QED) is 0.835. The molecule has 0 aliphatic carbocycles. The van der Waals surface area contributed by atoms with Gasteiger partial charge in [-0.3, -0.25) is 0 Å². The molecule has 0 amide bonds. The van der Waals surface area contributed by atoms with Gasteiger partial charge in [0.15, 0.2) is 5.13 Å². The lowest BCUT2D eigenvalue weighted by Gasteiger charge is -2.29. The molecule has 2 nitrogen and oxygen atoms in total. The van der Waals surface area contributed by atoms with Crippen LogP contribution in [0.25, 0.3) is 0 Å². The van der Waals surface area contributed by atoms with Crippen LogP contribution in [0.2, 0.25) is 0 Å². The minimum atomic E-state index is 0.824. The topological polar surface area (TPSA) is 16.1 Å². The zero-order chi connectivity index (χ0) is 11.5. The van der Waals surface area contributed by atoms with Crippen LogP contribution in [-0.4, -0.2) is 18.1 Å². The molecule has 0 spiro atoms. The molecule has 0 unspecified atom stereocenters. The zero-order valence-corrected chi connectivity index (χ0v) is 11.8. The fraction of sp³-hybridized carbons (Fsp3) is 0.750. The fourth-order valence-electron chi connectivity index (χ4n) is 2.10. The van der Waals surface area contributed by atoms with Gasteiger partial charge in [0.2, 0.25) is 0 Å². The molecule has 1 fully saturated rings. The average molecular weight is 256 g/mol. The van der Waals surface area contributed by atoms with Gasteiger partial charge < -0.3 is 4.90 Å². The molecule has 16 heavy (non-hydrogen) atoms. The first-order valence-corrected chi connectivity index (χ1v) is 7.53. The highest BCUT2D eigenvalue weighted by Gasteiger charge is 2.19. The number of thiol groups is 1. The van der Waals surface area contributed by atoms with Gasteiger partial charge in [-0.25, -0.2) is 4.98 Å². The van der Waals surface area contributed by atoms with Crippen molar-refractivity contribution in [2.75, 3.05) is 18.0 Å². The predicted molar refractivity (Wildman–Crippen MR) is 74.8 cm³/mol. The fourth-order valence-corrected chi connectivity index (χ4v) is 3.54. The first-order valence-electron chi connectivity index (χ1n) is 6.09. The minimum Gasteiger partial charge on any atom is -0.348 e. The molecule has 1 saturated heterocycles. The number of anilines is 1. The van der Waals surface area contributed by atoms with E-state index in [1.54, 1.807) is 0 Å². The summed E-state index contributed by atoms with van der Waals surface area (Å²) >= 11 is 6.21. The molecule has 1 aromatic rings. The highest BCUT2D eigenvalue weighted by Crippen LogP contribution is 2.30. The van der Waals surface area contributed by atoms with Gasteiger partial charge >= 0.3 is 0 Å². The Bertz CT molecular complexity index is 319. The van der Waals surface area contributed by atoms with E-state index in [0.717, 1.165) is 18.1 Å². The Morgan fingerprint density at radius 1 is 1.44 bits per heavy atom. The van der Waals surface area contributed by atoms with Crippen molar-refractivity contribution >= 4 is 29.1 Å². The van der Waals surface area contributed by atoms with E-state index >= 15 is 0 Å². The molecule has 0 N–H and O–H groups in total. The molecule has 0 atom stereocenters. The number of piperidine rings is 1. The van der Waals surface area contributed by atoms with Crippen molar-refractivity contribution in [3.63, 3.8) is 0 Å². The van der Waals surface area contributed by atoms with Crippen molar-refractivity contribution in [1.29, 1.82) is 0 Å². The van der Waals surface area contributed by atoms with Gasteiger partial charge in [-0.15, -0.1) is 11.3 Å². The van der Waals surface area contributed by atoms with E-state index in [2.05, 4.69) is 31.4 Å². The number of aryl methyl sites for hydroxylation is 1. The van der Waals surface area contributed by atoms with Crippen LogP contribution in [0.4, 0.5) is 5.13 Å². The van der Waals surface area contributed by atoms with Crippen LogP contribution < -0.4 is 4.90 Å². The van der Waals surface area contributed by atoms with Crippen molar-refractivity contribution < 1.29 is 0 Å². The lowest BCUT2D eigenvalue weighted by molar-refractivity contribution is 0.438. The first kappa shape index (κ1) is 12.2. The normalized spacial score (nSPS) is 18.1. The van der Waals surface area contributed by atoms with Gasteiger partial charge in [-0.1, -0.05) is 13.8 Å². The lowest BCUT2D eigenvalue weighted by Crippen LogP contribution is -2.32. The summed E-state index contributed by atoms with van der Waals surface area (Å²) in [4.78, 5) is 8.53. The number of nitrogens with zero attached hydrogens (tertiary/aromatic N) is 2. The van der Waals surface area contributed by atoms with Crippen molar-refractivity contribution in [3.8, 4) is 0 Å². The Hall–Kier alpha value is -0.220. The third-order valence-corrected chi connectivity index (χ3v) is 4.99. The van der Waals surface area contributed by atoms with E-state index in [9.17, 15) is 0 Å². The summed E-state index contributed by atoms with van der Waals surface area (Å²) in [5, 5.41) is 1.22. The lowest BCUT2D eigenvalue weighted by atomic mass is 10.00. The van der Waals surface area contributed by atoms with Gasteiger partial charge in [0.05, 0.1) is 5.69 Å². The highest BCUT2D eigenvalue weighted by molar-refractivity contribution is 7.79. The summed E-state index contributed by atoms with van der Waals surface area (Å²) in [6, 6.07) is 0. The van der Waals surface area contributed by atoms with E-state index in [1.165, 1.54) is 41.6 Å². The molecule has 2 rings (SSSR count). The van der Waals surface area contributed by atoms with E-state index in [4.69, 9.17) is 4.98 Å². The SMILES string of the molecule is CCc1nc(N2CCC(C)CC2)sc1CS. The van der Waals surface area contributed by atoms with Gasteiger partial charge in [0.25, 0.3) is 0 Å². The molecule has 0 radical (unpaired) electrons. The van der Waals surface area contributed by atoms with Crippen LogP contribution in [-0.2, 0) is 12.2 Å². The van der Waals surface area contributed by atoms with Gasteiger partial charge in [-0.05, 0) is 25.2 Å². The average Bonchev–Trinajstić information content (AvgIpc) is 2.73. The van der Waals surface area contributed by atoms with Gasteiger partial charge in [0.1, 0.15) is 0 Å². The van der Waals surface area contributed by atoms with Crippen LogP contribution in [0.3, 0.4) is 0 Å². The highest BCUT2D eigenvalue weighted by atomic mass is 32.1.